The van der Waals surface area contributed by atoms with Gasteiger partial charge in [-0.25, -0.2) is 13.2 Å². The van der Waals surface area contributed by atoms with Crippen LogP contribution in [0.25, 0.3) is 0 Å². The van der Waals surface area contributed by atoms with Crippen molar-refractivity contribution in [1.29, 1.82) is 0 Å². The molecular weight excluding hydrogens is 304 g/mol. The maximum atomic E-state index is 11.8. The molecule has 6 nitrogen and oxygen atoms in total. The highest BCUT2D eigenvalue weighted by Gasteiger charge is 2.22. The van der Waals surface area contributed by atoms with Gasteiger partial charge in [-0.1, -0.05) is 20.8 Å². The number of carbonyl (C=O) groups excluding carboxylic acids is 1. The molecule has 0 bridgehead atoms. The van der Waals surface area contributed by atoms with Crippen LogP contribution in [0.15, 0.2) is 0 Å². The number of hydrogen-bond acceptors (Lipinski definition) is 5. The number of hydrogen-bond donors (Lipinski definition) is 2. The minimum absolute atomic E-state index is 0.0980. The van der Waals surface area contributed by atoms with Gasteiger partial charge in [-0.15, -0.1) is 0 Å². The summed E-state index contributed by atoms with van der Waals surface area (Å²) >= 11 is 0. The number of sulfone groups is 1. The van der Waals surface area contributed by atoms with Crippen molar-refractivity contribution in [3.8, 4) is 0 Å². The molecule has 2 N–H and O–H groups in total. The van der Waals surface area contributed by atoms with Crippen molar-refractivity contribution in [2.45, 2.75) is 66.2 Å². The lowest BCUT2D eigenvalue weighted by molar-refractivity contribution is 0.0489. The largest absolute Gasteiger partial charge is 0.444 e. The highest BCUT2D eigenvalue weighted by atomic mass is 32.2. The third-order valence-electron chi connectivity index (χ3n) is 3.14. The van der Waals surface area contributed by atoms with Crippen molar-refractivity contribution in [2.75, 3.05) is 18.1 Å². The first kappa shape index (κ1) is 21.2. The summed E-state index contributed by atoms with van der Waals surface area (Å²) in [6, 6.07) is -0.284. The zero-order valence-corrected chi connectivity index (χ0v) is 15.7. The van der Waals surface area contributed by atoms with Crippen LogP contribution < -0.4 is 10.6 Å². The molecule has 0 aromatic carbocycles. The Morgan fingerprint density at radius 1 is 1.18 bits per heavy atom. The summed E-state index contributed by atoms with van der Waals surface area (Å²) < 4.78 is 28.4. The van der Waals surface area contributed by atoms with Crippen molar-refractivity contribution in [3.05, 3.63) is 0 Å². The SMILES string of the molecule is CCS(=O)(=O)CC(C)NCC(NC(=O)OC(C)(C)C)C(C)C. The maximum absolute atomic E-state index is 11.8. The molecule has 22 heavy (non-hydrogen) atoms. The van der Waals surface area contributed by atoms with Crippen molar-refractivity contribution in [2.24, 2.45) is 5.92 Å². The van der Waals surface area contributed by atoms with E-state index in [9.17, 15) is 13.2 Å². The van der Waals surface area contributed by atoms with E-state index in [0.29, 0.717) is 6.54 Å². The Labute approximate surface area is 135 Å². The Kier molecular flexibility index (Phi) is 8.39. The van der Waals surface area contributed by atoms with Crippen LogP contribution >= 0.6 is 0 Å². The molecule has 0 heterocycles. The van der Waals surface area contributed by atoms with E-state index >= 15 is 0 Å². The minimum atomic E-state index is -3.01. The highest BCUT2D eigenvalue weighted by molar-refractivity contribution is 7.91. The molecule has 0 aliphatic rings. The molecule has 0 fully saturated rings. The van der Waals surface area contributed by atoms with Crippen LogP contribution in [-0.4, -0.2) is 50.2 Å². The van der Waals surface area contributed by atoms with E-state index in [-0.39, 0.29) is 29.5 Å². The molecule has 2 atom stereocenters. The summed E-state index contributed by atoms with van der Waals surface area (Å²) in [4.78, 5) is 11.8. The average Bonchev–Trinajstić information content (AvgIpc) is 2.31. The summed E-state index contributed by atoms with van der Waals surface area (Å²) in [6.07, 6.45) is -0.457. The van der Waals surface area contributed by atoms with Gasteiger partial charge in [0.25, 0.3) is 0 Å². The van der Waals surface area contributed by atoms with Crippen LogP contribution in [-0.2, 0) is 14.6 Å². The predicted molar refractivity (Wildman–Crippen MR) is 89.8 cm³/mol. The normalized spacial score (nSPS) is 15.5. The van der Waals surface area contributed by atoms with Gasteiger partial charge in [0.2, 0.25) is 0 Å². The molecule has 0 aromatic rings. The first-order chi connectivity index (χ1) is 9.86. The monoisotopic (exact) mass is 336 g/mol. The number of alkyl carbamates (subject to hydrolysis) is 1. The van der Waals surface area contributed by atoms with Crippen LogP contribution in [0, 0.1) is 5.92 Å². The smallest absolute Gasteiger partial charge is 0.407 e. The van der Waals surface area contributed by atoms with Crippen molar-refractivity contribution in [3.63, 3.8) is 0 Å². The fraction of sp³-hybridized carbons (Fsp3) is 0.933. The van der Waals surface area contributed by atoms with Crippen LogP contribution in [0.2, 0.25) is 0 Å². The Morgan fingerprint density at radius 3 is 2.14 bits per heavy atom. The lowest BCUT2D eigenvalue weighted by Crippen LogP contribution is -2.49. The molecule has 1 amide bonds. The molecule has 0 spiro atoms. The van der Waals surface area contributed by atoms with Gasteiger partial charge >= 0.3 is 6.09 Å². The van der Waals surface area contributed by atoms with Gasteiger partial charge in [-0.05, 0) is 33.6 Å². The lowest BCUT2D eigenvalue weighted by atomic mass is 10.0. The molecule has 0 aromatic heterocycles. The second-order valence-corrected chi connectivity index (χ2v) is 9.40. The standard InChI is InChI=1S/C15H32N2O4S/c1-8-22(19,20)10-12(4)16-9-13(11(2)3)17-14(18)21-15(5,6)7/h11-13,16H,8-10H2,1-7H3,(H,17,18). The van der Waals surface area contributed by atoms with Crippen LogP contribution in [0.5, 0.6) is 0 Å². The second kappa shape index (κ2) is 8.72. The van der Waals surface area contributed by atoms with E-state index in [1.807, 2.05) is 41.5 Å². The molecule has 0 saturated carbocycles. The van der Waals surface area contributed by atoms with Crippen LogP contribution in [0.3, 0.4) is 0 Å². The highest BCUT2D eigenvalue weighted by Crippen LogP contribution is 2.08. The third kappa shape index (κ3) is 10.00. The zero-order chi connectivity index (χ0) is 17.6. The first-order valence-electron chi connectivity index (χ1n) is 7.79. The summed E-state index contributed by atoms with van der Waals surface area (Å²) in [5, 5.41) is 6.01. The summed E-state index contributed by atoms with van der Waals surface area (Å²) in [5.74, 6) is 0.443. The molecule has 0 aliphatic heterocycles. The number of ether oxygens (including phenoxy) is 1. The molecule has 7 heteroatoms. The fourth-order valence-corrected chi connectivity index (χ4v) is 2.91. The summed E-state index contributed by atoms with van der Waals surface area (Å²) in [5.41, 5.74) is -0.540. The van der Waals surface area contributed by atoms with E-state index in [0.717, 1.165) is 0 Å². The molecule has 2 unspecified atom stereocenters. The first-order valence-corrected chi connectivity index (χ1v) is 9.61. The van der Waals surface area contributed by atoms with Crippen molar-refractivity contribution < 1.29 is 17.9 Å². The van der Waals surface area contributed by atoms with E-state index in [2.05, 4.69) is 10.6 Å². The number of rotatable bonds is 8. The molecule has 0 rings (SSSR count). The van der Waals surface area contributed by atoms with E-state index < -0.39 is 21.5 Å². The number of amides is 1. The minimum Gasteiger partial charge on any atom is -0.444 e. The molecule has 0 saturated heterocycles. The summed E-state index contributed by atoms with van der Waals surface area (Å²) in [7, 11) is -3.01. The van der Waals surface area contributed by atoms with Crippen molar-refractivity contribution in [1.82, 2.24) is 10.6 Å². The summed E-state index contributed by atoms with van der Waals surface area (Å²) in [6.45, 7) is 13.4. The zero-order valence-electron chi connectivity index (χ0n) is 14.9. The Balaban J connectivity index is 4.46. The predicted octanol–water partition coefficient (Wildman–Crippen LogP) is 1.95. The lowest BCUT2D eigenvalue weighted by Gasteiger charge is -2.27. The van der Waals surface area contributed by atoms with Gasteiger partial charge in [0.05, 0.1) is 5.75 Å². The van der Waals surface area contributed by atoms with Crippen LogP contribution in [0.1, 0.15) is 48.5 Å². The number of carbonyl (C=O) groups is 1. The van der Waals surface area contributed by atoms with E-state index in [1.54, 1.807) is 6.92 Å². The van der Waals surface area contributed by atoms with Gasteiger partial charge in [-0.2, -0.15) is 0 Å². The topological polar surface area (TPSA) is 84.5 Å². The average molecular weight is 336 g/mol. The van der Waals surface area contributed by atoms with Gasteiger partial charge in [0.15, 0.2) is 9.84 Å². The number of nitrogens with one attached hydrogen (secondary N) is 2. The van der Waals surface area contributed by atoms with Crippen LogP contribution in [0.4, 0.5) is 4.79 Å². The second-order valence-electron chi connectivity index (χ2n) is 7.00. The van der Waals surface area contributed by atoms with Gasteiger partial charge in [0.1, 0.15) is 5.60 Å². The van der Waals surface area contributed by atoms with Gasteiger partial charge in [-0.3, -0.25) is 0 Å². The van der Waals surface area contributed by atoms with Gasteiger partial charge < -0.3 is 15.4 Å². The van der Waals surface area contributed by atoms with E-state index in [1.165, 1.54) is 0 Å². The fourth-order valence-electron chi connectivity index (χ4n) is 1.80. The van der Waals surface area contributed by atoms with Crippen molar-refractivity contribution >= 4 is 15.9 Å². The Bertz CT molecular complexity index is 441. The maximum Gasteiger partial charge on any atom is 0.407 e. The Hall–Kier alpha value is -0.820. The molecule has 132 valence electrons. The molecular formula is C15H32N2O4S. The third-order valence-corrected chi connectivity index (χ3v) is 5.02. The molecule has 0 aliphatic carbocycles. The molecule has 0 radical (unpaired) electrons. The quantitative estimate of drug-likeness (QED) is 0.708. The Morgan fingerprint density at radius 2 is 1.73 bits per heavy atom. The van der Waals surface area contributed by atoms with Gasteiger partial charge in [0, 0.05) is 24.4 Å². The van der Waals surface area contributed by atoms with E-state index in [4.69, 9.17) is 4.74 Å².